The van der Waals surface area contributed by atoms with Crippen molar-refractivity contribution in [3.05, 3.63) is 0 Å². The Hall–Kier alpha value is 0.0700. The van der Waals surface area contributed by atoms with Crippen LogP contribution in [0.25, 0.3) is 0 Å². The maximum absolute atomic E-state index is 12.3. The second-order valence-electron chi connectivity index (χ2n) is 7.03. The van der Waals surface area contributed by atoms with Gasteiger partial charge in [0, 0.05) is 26.2 Å². The van der Waals surface area contributed by atoms with Gasteiger partial charge in [-0.2, -0.15) is 0 Å². The molecular formula is C18H29Br2ClO7. The van der Waals surface area contributed by atoms with Crippen LogP contribution in [0.1, 0.15) is 59.8 Å². The second kappa shape index (κ2) is 12.1. The van der Waals surface area contributed by atoms with Crippen LogP contribution in [0.2, 0.25) is 0 Å². The fraction of sp³-hybridized carbons (Fsp3) is 0.889. The van der Waals surface area contributed by atoms with Gasteiger partial charge in [-0.15, -0.1) is 0 Å². The van der Waals surface area contributed by atoms with Crippen molar-refractivity contribution in [2.45, 2.75) is 99.3 Å². The van der Waals surface area contributed by atoms with Crippen LogP contribution in [0.4, 0.5) is 0 Å². The van der Waals surface area contributed by atoms with E-state index in [4.69, 9.17) is 30.5 Å². The minimum absolute atomic E-state index is 0.00995. The molecular weight excluding hydrogens is 523 g/mol. The van der Waals surface area contributed by atoms with Crippen molar-refractivity contribution in [3.63, 3.8) is 0 Å². The number of alkyl halides is 3. The zero-order chi connectivity index (χ0) is 21.5. The Kier molecular flexibility index (Phi) is 11.2. The average molecular weight is 553 g/mol. The molecule has 0 saturated carbocycles. The Balaban J connectivity index is 2.89. The summed E-state index contributed by atoms with van der Waals surface area (Å²) in [6, 6.07) is 0. The molecule has 6 unspecified atom stereocenters. The number of hydrogen-bond donors (Lipinski definition) is 1. The number of carbonyl (C=O) groups is 2. The highest BCUT2D eigenvalue weighted by atomic mass is 79.9. The molecule has 0 spiro atoms. The molecule has 164 valence electrons. The van der Waals surface area contributed by atoms with E-state index in [2.05, 4.69) is 31.9 Å². The molecule has 0 aromatic carbocycles. The number of aliphatic hydroxyl groups is 1. The molecule has 28 heavy (non-hydrogen) atoms. The Labute approximate surface area is 188 Å². The van der Waals surface area contributed by atoms with E-state index < -0.39 is 32.9 Å². The molecule has 0 aromatic heterocycles. The van der Waals surface area contributed by atoms with Gasteiger partial charge < -0.3 is 24.1 Å². The lowest BCUT2D eigenvalue weighted by molar-refractivity contribution is -0.235. The predicted octanol–water partition coefficient (Wildman–Crippen LogP) is 3.99. The molecule has 1 saturated heterocycles. The Morgan fingerprint density at radius 1 is 1.21 bits per heavy atom. The van der Waals surface area contributed by atoms with Crippen LogP contribution in [0.5, 0.6) is 0 Å². The first-order valence-corrected chi connectivity index (χ1v) is 11.3. The van der Waals surface area contributed by atoms with Gasteiger partial charge in [-0.3, -0.25) is 4.79 Å². The molecule has 0 aromatic rings. The van der Waals surface area contributed by atoms with E-state index in [9.17, 15) is 14.7 Å². The van der Waals surface area contributed by atoms with Crippen molar-refractivity contribution in [2.75, 3.05) is 0 Å². The molecule has 6 atom stereocenters. The molecule has 0 aliphatic carbocycles. The van der Waals surface area contributed by atoms with Gasteiger partial charge in [0.15, 0.2) is 6.29 Å². The number of halogens is 3. The van der Waals surface area contributed by atoms with Crippen molar-refractivity contribution in [2.24, 2.45) is 0 Å². The zero-order valence-corrected chi connectivity index (χ0v) is 20.5. The van der Waals surface area contributed by atoms with Crippen molar-refractivity contribution < 1.29 is 33.6 Å². The smallest absolute Gasteiger partial charge is 0.349 e. The van der Waals surface area contributed by atoms with Crippen LogP contribution in [0.15, 0.2) is 0 Å². The number of rotatable bonds is 10. The van der Waals surface area contributed by atoms with Gasteiger partial charge in [-0.1, -0.05) is 18.5 Å². The largest absolute Gasteiger partial charge is 0.462 e. The summed E-state index contributed by atoms with van der Waals surface area (Å²) in [4.78, 5) is 23.7. The first-order valence-electron chi connectivity index (χ1n) is 9.34. The fourth-order valence-electron chi connectivity index (χ4n) is 3.16. The molecule has 1 aliphatic rings. The van der Waals surface area contributed by atoms with Crippen molar-refractivity contribution in [1.82, 2.24) is 0 Å². The maximum Gasteiger partial charge on any atom is 0.349 e. The van der Waals surface area contributed by atoms with Gasteiger partial charge in [-0.05, 0) is 58.5 Å². The van der Waals surface area contributed by atoms with Crippen molar-refractivity contribution in [1.29, 1.82) is 0 Å². The third-order valence-electron chi connectivity index (χ3n) is 4.30. The number of aliphatic hydroxyl groups excluding tert-OH is 1. The number of carbonyl (C=O) groups excluding carboxylic acids is 2. The third kappa shape index (κ3) is 10.2. The highest BCUT2D eigenvalue weighted by Gasteiger charge is 2.36. The average Bonchev–Trinajstić information content (AvgIpc) is 2.51. The summed E-state index contributed by atoms with van der Waals surface area (Å²) in [6.45, 7) is 6.90. The van der Waals surface area contributed by atoms with Crippen molar-refractivity contribution >= 4 is 55.4 Å². The molecule has 7 nitrogen and oxygen atoms in total. The zero-order valence-electron chi connectivity index (χ0n) is 16.5. The highest BCUT2D eigenvalue weighted by molar-refractivity contribution is 9.26. The lowest BCUT2D eigenvalue weighted by Crippen LogP contribution is -2.40. The van der Waals surface area contributed by atoms with E-state index in [-0.39, 0.29) is 31.3 Å². The molecule has 1 N–H and O–H groups in total. The molecule has 0 radical (unpaired) electrons. The summed E-state index contributed by atoms with van der Waals surface area (Å²) in [5.41, 5.74) is 0. The van der Waals surface area contributed by atoms with Gasteiger partial charge in [-0.25, -0.2) is 4.79 Å². The van der Waals surface area contributed by atoms with Crippen LogP contribution in [-0.4, -0.2) is 56.5 Å². The molecule has 1 heterocycles. The van der Waals surface area contributed by atoms with Crippen LogP contribution >= 0.6 is 43.5 Å². The first kappa shape index (κ1) is 26.1. The van der Waals surface area contributed by atoms with Gasteiger partial charge in [0.05, 0.1) is 18.3 Å². The topological polar surface area (TPSA) is 91.3 Å². The normalized spacial score (nSPS) is 26.2. The number of esters is 2. The quantitative estimate of drug-likeness (QED) is 0.324. The monoisotopic (exact) mass is 550 g/mol. The Bertz CT molecular complexity index is 505. The number of hydrogen-bond acceptors (Lipinski definition) is 7. The van der Waals surface area contributed by atoms with E-state index in [0.717, 1.165) is 0 Å². The predicted molar refractivity (Wildman–Crippen MR) is 112 cm³/mol. The molecule has 1 fully saturated rings. The first-order chi connectivity index (χ1) is 12.9. The van der Waals surface area contributed by atoms with E-state index in [1.54, 1.807) is 0 Å². The molecule has 10 heteroatoms. The van der Waals surface area contributed by atoms with E-state index >= 15 is 0 Å². The summed E-state index contributed by atoms with van der Waals surface area (Å²) >= 11 is 11.9. The SMILES string of the molecule is CCC(O)CC(CC(CC1CC(C)OC(C)O1)OC(=O)C(Cl)(Br)Br)OC(C)=O. The molecule has 0 amide bonds. The minimum Gasteiger partial charge on any atom is -0.462 e. The summed E-state index contributed by atoms with van der Waals surface area (Å²) in [5, 5.41) is 9.98. The van der Waals surface area contributed by atoms with Crippen LogP contribution < -0.4 is 0 Å². The highest BCUT2D eigenvalue weighted by Crippen LogP contribution is 2.34. The fourth-order valence-corrected chi connectivity index (χ4v) is 3.39. The van der Waals surface area contributed by atoms with Crippen LogP contribution in [-0.2, 0) is 28.5 Å². The lowest BCUT2D eigenvalue weighted by atomic mass is 9.97. The maximum atomic E-state index is 12.3. The summed E-state index contributed by atoms with van der Waals surface area (Å²) in [6.07, 6.45) is -0.383. The van der Waals surface area contributed by atoms with Gasteiger partial charge in [0.25, 0.3) is 0 Å². The van der Waals surface area contributed by atoms with Crippen molar-refractivity contribution in [3.8, 4) is 0 Å². The molecule has 1 aliphatic heterocycles. The lowest BCUT2D eigenvalue weighted by Gasteiger charge is -2.35. The van der Waals surface area contributed by atoms with E-state index in [0.29, 0.717) is 19.3 Å². The van der Waals surface area contributed by atoms with Gasteiger partial charge in [0.2, 0.25) is 2.69 Å². The molecule has 1 rings (SSSR count). The van der Waals surface area contributed by atoms with E-state index in [1.165, 1.54) is 6.92 Å². The number of ether oxygens (including phenoxy) is 4. The van der Waals surface area contributed by atoms with Gasteiger partial charge >= 0.3 is 11.9 Å². The minimum atomic E-state index is -1.55. The Morgan fingerprint density at radius 2 is 1.86 bits per heavy atom. The van der Waals surface area contributed by atoms with E-state index in [1.807, 2.05) is 20.8 Å². The van der Waals surface area contributed by atoms with Gasteiger partial charge in [0.1, 0.15) is 12.2 Å². The Morgan fingerprint density at radius 3 is 2.36 bits per heavy atom. The standard InChI is InChI=1S/C18H29Br2ClO7/c1-5-13(23)7-15(26-11(3)22)9-16(28-17(24)18(19,20)21)8-14-6-10(2)25-12(4)27-14/h10,12-16,23H,5-9H2,1-4H3. The van der Waals surface area contributed by atoms with Crippen LogP contribution in [0.3, 0.4) is 0 Å². The summed E-state index contributed by atoms with van der Waals surface area (Å²) < 4.78 is 20.7. The summed E-state index contributed by atoms with van der Waals surface area (Å²) in [5.74, 6) is -1.18. The summed E-state index contributed by atoms with van der Waals surface area (Å²) in [7, 11) is 0. The molecule has 0 bridgehead atoms. The second-order valence-corrected chi connectivity index (χ2v) is 12.0. The third-order valence-corrected chi connectivity index (χ3v) is 5.10. The van der Waals surface area contributed by atoms with Crippen LogP contribution in [0, 0.1) is 0 Å².